The summed E-state index contributed by atoms with van der Waals surface area (Å²) in [7, 11) is 1.71. The van der Waals surface area contributed by atoms with Crippen LogP contribution in [-0.2, 0) is 9.53 Å². The minimum absolute atomic E-state index is 0.0417. The Morgan fingerprint density at radius 2 is 1.55 bits per heavy atom. The summed E-state index contributed by atoms with van der Waals surface area (Å²) >= 11 is 0. The molecule has 3 heteroatoms. The number of likely N-dealkylation sites (tertiary alicyclic amines) is 1. The maximum Gasteiger partial charge on any atom is 0.209 e. The van der Waals surface area contributed by atoms with Crippen LogP contribution in [0.1, 0.15) is 58.9 Å². The van der Waals surface area contributed by atoms with Crippen LogP contribution in [0.3, 0.4) is 0 Å². The van der Waals surface area contributed by atoms with Crippen LogP contribution in [0.2, 0.25) is 0 Å². The zero-order valence-electron chi connectivity index (χ0n) is 15.1. The van der Waals surface area contributed by atoms with Gasteiger partial charge < -0.3 is 9.64 Å². The number of hydrogen-bond donors (Lipinski definition) is 0. The number of methoxy groups -OCH3 is 1. The second-order valence-corrected chi connectivity index (χ2v) is 6.14. The number of ether oxygens (including phenoxy) is 1. The highest BCUT2D eigenvalue weighted by Gasteiger charge is 2.18. The molecule has 0 spiro atoms. The highest BCUT2D eigenvalue weighted by molar-refractivity contribution is 5.47. The maximum atomic E-state index is 10.5. The Labute approximate surface area is 136 Å². The zero-order valence-corrected chi connectivity index (χ0v) is 15.1. The van der Waals surface area contributed by atoms with E-state index >= 15 is 0 Å². The summed E-state index contributed by atoms with van der Waals surface area (Å²) in [5.41, 5.74) is 1.46. The summed E-state index contributed by atoms with van der Waals surface area (Å²) in [5, 5.41) is 0. The Kier molecular flexibility index (Phi) is 10.6. The lowest BCUT2D eigenvalue weighted by Crippen LogP contribution is -2.31. The maximum absolute atomic E-state index is 10.5. The summed E-state index contributed by atoms with van der Waals surface area (Å²) < 4.78 is 4.94. The van der Waals surface area contributed by atoms with Gasteiger partial charge in [-0.3, -0.25) is 4.79 Å². The molecule has 1 aromatic rings. The minimum atomic E-state index is 0.0417. The molecule has 126 valence electrons. The molecule has 0 radical (unpaired) electrons. The highest BCUT2D eigenvalue weighted by atomic mass is 16.5. The predicted octanol–water partition coefficient (Wildman–Crippen LogP) is 4.48. The number of nitrogens with zero attached hydrogens (tertiary/aromatic N) is 1. The van der Waals surface area contributed by atoms with E-state index < -0.39 is 0 Å². The molecule has 1 aromatic carbocycles. The number of benzene rings is 1. The largest absolute Gasteiger partial charge is 0.379 e. The third-order valence-corrected chi connectivity index (χ3v) is 3.56. The molecule has 0 saturated carbocycles. The molecule has 0 aromatic heterocycles. The van der Waals surface area contributed by atoms with Gasteiger partial charge in [-0.25, -0.2) is 0 Å². The molecular formula is C19H33NO2. The van der Waals surface area contributed by atoms with Gasteiger partial charge in [0.2, 0.25) is 6.41 Å². The average Bonchev–Trinajstić information content (AvgIpc) is 2.57. The number of rotatable bonds is 2. The average molecular weight is 307 g/mol. The zero-order chi connectivity index (χ0) is 17.0. The molecule has 2 rings (SSSR count). The van der Waals surface area contributed by atoms with Crippen molar-refractivity contribution < 1.29 is 9.53 Å². The van der Waals surface area contributed by atoms with Gasteiger partial charge in [0, 0.05) is 20.2 Å². The second kappa shape index (κ2) is 11.2. The van der Waals surface area contributed by atoms with E-state index in [4.69, 9.17) is 4.74 Å². The van der Waals surface area contributed by atoms with Crippen LogP contribution in [0, 0.1) is 0 Å². The van der Waals surface area contributed by atoms with Crippen LogP contribution in [-0.4, -0.2) is 37.1 Å². The molecule has 1 saturated heterocycles. The Morgan fingerprint density at radius 3 is 1.91 bits per heavy atom. The first-order valence-corrected chi connectivity index (χ1v) is 8.25. The molecule has 1 heterocycles. The lowest BCUT2D eigenvalue weighted by molar-refractivity contribution is -0.119. The van der Waals surface area contributed by atoms with E-state index in [9.17, 15) is 4.79 Å². The summed E-state index contributed by atoms with van der Waals surface area (Å²) in [6, 6.07) is 10.6. The van der Waals surface area contributed by atoms with Crippen molar-refractivity contribution in [1.82, 2.24) is 4.90 Å². The van der Waals surface area contributed by atoms with Crippen LogP contribution in [0.5, 0.6) is 0 Å². The van der Waals surface area contributed by atoms with Crippen molar-refractivity contribution in [2.24, 2.45) is 0 Å². The molecule has 0 unspecified atom stereocenters. The lowest BCUT2D eigenvalue weighted by atomic mass is 9.90. The molecule has 22 heavy (non-hydrogen) atoms. The van der Waals surface area contributed by atoms with Crippen LogP contribution < -0.4 is 0 Å². The molecule has 0 atom stereocenters. The Morgan fingerprint density at radius 1 is 1.09 bits per heavy atom. The van der Waals surface area contributed by atoms with Crippen molar-refractivity contribution >= 4 is 6.41 Å². The fourth-order valence-corrected chi connectivity index (χ4v) is 2.06. The monoisotopic (exact) mass is 307 g/mol. The van der Waals surface area contributed by atoms with Crippen molar-refractivity contribution in [3.63, 3.8) is 0 Å². The predicted molar refractivity (Wildman–Crippen MR) is 94.2 cm³/mol. The van der Waals surface area contributed by atoms with Gasteiger partial charge in [-0.1, -0.05) is 44.2 Å². The first-order valence-electron chi connectivity index (χ1n) is 8.25. The normalized spacial score (nSPS) is 15.1. The van der Waals surface area contributed by atoms with E-state index in [2.05, 4.69) is 24.3 Å². The molecule has 1 aliphatic rings. The molecule has 0 bridgehead atoms. The van der Waals surface area contributed by atoms with Gasteiger partial charge in [-0.2, -0.15) is 0 Å². The van der Waals surface area contributed by atoms with Gasteiger partial charge in [0.05, 0.1) is 5.60 Å². The standard InChI is InChI=1S/C12H15NO.C5H12O.C2H6/c14-10-13-8-6-12(7-9-13)11-4-2-1-3-5-11;1-5(2,3)6-4;1-2/h1-5,10,12H,6-9H2;1-4H3;1-2H3. The van der Waals surface area contributed by atoms with Gasteiger partial charge >= 0.3 is 0 Å². The van der Waals surface area contributed by atoms with Crippen molar-refractivity contribution in [3.05, 3.63) is 35.9 Å². The third-order valence-electron chi connectivity index (χ3n) is 3.56. The number of carbonyl (C=O) groups is 1. The van der Waals surface area contributed by atoms with Crippen molar-refractivity contribution in [2.45, 2.75) is 59.0 Å². The van der Waals surface area contributed by atoms with Gasteiger partial charge in [0.1, 0.15) is 0 Å². The van der Waals surface area contributed by atoms with E-state index in [0.717, 1.165) is 32.3 Å². The number of amides is 1. The van der Waals surface area contributed by atoms with Crippen molar-refractivity contribution in [1.29, 1.82) is 0 Å². The summed E-state index contributed by atoms with van der Waals surface area (Å²) in [6.07, 6.45) is 3.16. The van der Waals surface area contributed by atoms with Gasteiger partial charge in [-0.05, 0) is 45.1 Å². The molecule has 0 aliphatic carbocycles. The van der Waals surface area contributed by atoms with Crippen LogP contribution in [0.15, 0.2) is 30.3 Å². The number of piperidine rings is 1. The molecule has 1 amide bonds. The topological polar surface area (TPSA) is 29.5 Å². The van der Waals surface area contributed by atoms with E-state index in [1.807, 2.05) is 45.6 Å². The Hall–Kier alpha value is -1.35. The Bertz CT molecular complexity index is 376. The number of hydrogen-bond acceptors (Lipinski definition) is 2. The van der Waals surface area contributed by atoms with Crippen LogP contribution >= 0.6 is 0 Å². The molecule has 0 N–H and O–H groups in total. The third kappa shape index (κ3) is 8.83. The first-order chi connectivity index (χ1) is 10.5. The van der Waals surface area contributed by atoms with E-state index in [1.165, 1.54) is 5.56 Å². The fourth-order valence-electron chi connectivity index (χ4n) is 2.06. The van der Waals surface area contributed by atoms with E-state index in [0.29, 0.717) is 5.92 Å². The molecule has 3 nitrogen and oxygen atoms in total. The van der Waals surface area contributed by atoms with Crippen LogP contribution in [0.25, 0.3) is 0 Å². The quantitative estimate of drug-likeness (QED) is 0.754. The molecule has 1 aliphatic heterocycles. The second-order valence-electron chi connectivity index (χ2n) is 6.14. The fraction of sp³-hybridized carbons (Fsp3) is 0.632. The Balaban J connectivity index is 0.000000470. The van der Waals surface area contributed by atoms with Crippen molar-refractivity contribution in [2.75, 3.05) is 20.2 Å². The summed E-state index contributed by atoms with van der Waals surface area (Å²) in [5.74, 6) is 0.646. The lowest BCUT2D eigenvalue weighted by Gasteiger charge is -2.29. The first kappa shape index (κ1) is 20.6. The van der Waals surface area contributed by atoms with Gasteiger partial charge in [0.15, 0.2) is 0 Å². The van der Waals surface area contributed by atoms with Gasteiger partial charge in [0.25, 0.3) is 0 Å². The van der Waals surface area contributed by atoms with Crippen LogP contribution in [0.4, 0.5) is 0 Å². The summed E-state index contributed by atoms with van der Waals surface area (Å²) in [6.45, 7) is 11.9. The van der Waals surface area contributed by atoms with E-state index in [-0.39, 0.29) is 5.60 Å². The summed E-state index contributed by atoms with van der Waals surface area (Å²) in [4.78, 5) is 12.4. The number of carbonyl (C=O) groups excluding carboxylic acids is 1. The van der Waals surface area contributed by atoms with Gasteiger partial charge in [-0.15, -0.1) is 0 Å². The molecular weight excluding hydrogens is 274 g/mol. The highest BCUT2D eigenvalue weighted by Crippen LogP contribution is 2.26. The SMILES string of the molecule is CC.COC(C)(C)C.O=CN1CCC(c2ccccc2)CC1. The minimum Gasteiger partial charge on any atom is -0.379 e. The smallest absolute Gasteiger partial charge is 0.209 e. The van der Waals surface area contributed by atoms with E-state index in [1.54, 1.807) is 7.11 Å². The molecule has 1 fully saturated rings. The van der Waals surface area contributed by atoms with Crippen molar-refractivity contribution in [3.8, 4) is 0 Å².